The minimum atomic E-state index is -0.0262. The van der Waals surface area contributed by atoms with E-state index in [4.69, 9.17) is 9.26 Å². The summed E-state index contributed by atoms with van der Waals surface area (Å²) in [6, 6.07) is 7.59. The van der Waals surface area contributed by atoms with Gasteiger partial charge in [-0.05, 0) is 31.4 Å². The van der Waals surface area contributed by atoms with Crippen LogP contribution >= 0.6 is 0 Å². The monoisotopic (exact) mass is 316 g/mol. The fourth-order valence-electron chi connectivity index (χ4n) is 3.06. The van der Waals surface area contributed by atoms with Gasteiger partial charge < -0.3 is 14.6 Å². The Kier molecular flexibility index (Phi) is 5.64. The molecule has 0 aliphatic heterocycles. The average Bonchev–Trinajstić information content (AvgIpc) is 2.99. The number of hydrogen-bond acceptors (Lipinski definition) is 4. The molecular weight excluding hydrogens is 292 g/mol. The van der Waals surface area contributed by atoms with Crippen molar-refractivity contribution in [3.8, 4) is 0 Å². The van der Waals surface area contributed by atoms with Gasteiger partial charge >= 0.3 is 0 Å². The predicted molar refractivity (Wildman–Crippen MR) is 88.2 cm³/mol. The van der Waals surface area contributed by atoms with Crippen LogP contribution in [0.3, 0.4) is 0 Å². The quantitative estimate of drug-likeness (QED) is 0.797. The number of benzene rings is 1. The van der Waals surface area contributed by atoms with Gasteiger partial charge in [-0.15, -0.1) is 0 Å². The number of para-hydroxylation sites is 1. The third-order valence-corrected chi connectivity index (χ3v) is 4.33. The minimum absolute atomic E-state index is 0.0262. The first-order valence-electron chi connectivity index (χ1n) is 8.54. The topological polar surface area (TPSA) is 64.4 Å². The van der Waals surface area contributed by atoms with Crippen molar-refractivity contribution in [2.75, 3.05) is 13.2 Å². The first-order chi connectivity index (χ1) is 11.3. The lowest BCUT2D eigenvalue weighted by Gasteiger charge is -2.21. The van der Waals surface area contributed by atoms with E-state index in [-0.39, 0.29) is 12.3 Å². The van der Waals surface area contributed by atoms with Gasteiger partial charge in [0, 0.05) is 18.5 Å². The number of aromatic nitrogens is 1. The zero-order valence-corrected chi connectivity index (χ0v) is 13.4. The van der Waals surface area contributed by atoms with Gasteiger partial charge in [0.2, 0.25) is 5.91 Å². The summed E-state index contributed by atoms with van der Waals surface area (Å²) in [4.78, 5) is 12.0. The van der Waals surface area contributed by atoms with E-state index in [0.29, 0.717) is 18.3 Å². The number of carbonyl (C=O) groups excluding carboxylic acids is 1. The Hall–Kier alpha value is -1.88. The molecule has 0 atom stereocenters. The molecule has 0 saturated heterocycles. The predicted octanol–water partition coefficient (Wildman–Crippen LogP) is 3.23. The molecule has 5 heteroatoms. The van der Waals surface area contributed by atoms with Gasteiger partial charge in [0.15, 0.2) is 5.58 Å². The highest BCUT2D eigenvalue weighted by molar-refractivity contribution is 5.86. The number of ether oxygens (including phenoxy) is 1. The first kappa shape index (κ1) is 16.0. The maximum Gasteiger partial charge on any atom is 0.226 e. The van der Waals surface area contributed by atoms with Crippen molar-refractivity contribution in [3.63, 3.8) is 0 Å². The van der Waals surface area contributed by atoms with Crippen molar-refractivity contribution in [2.45, 2.75) is 51.0 Å². The molecule has 1 heterocycles. The smallest absolute Gasteiger partial charge is 0.226 e. The van der Waals surface area contributed by atoms with E-state index in [1.807, 2.05) is 24.3 Å². The molecular formula is C18H24N2O3. The van der Waals surface area contributed by atoms with Crippen molar-refractivity contribution in [3.05, 3.63) is 30.0 Å². The van der Waals surface area contributed by atoms with Crippen LogP contribution in [-0.4, -0.2) is 30.3 Å². The van der Waals surface area contributed by atoms with E-state index >= 15 is 0 Å². The number of rotatable bonds is 7. The van der Waals surface area contributed by atoms with Crippen LogP contribution in [-0.2, 0) is 16.0 Å². The highest BCUT2D eigenvalue weighted by atomic mass is 16.5. The van der Waals surface area contributed by atoms with Gasteiger partial charge in [-0.3, -0.25) is 4.79 Å². The molecule has 0 spiro atoms. The van der Waals surface area contributed by atoms with Crippen molar-refractivity contribution in [1.82, 2.24) is 10.5 Å². The van der Waals surface area contributed by atoms with Crippen LogP contribution in [0.15, 0.2) is 28.8 Å². The molecule has 1 N–H and O–H groups in total. The molecule has 3 rings (SSSR count). The van der Waals surface area contributed by atoms with Crippen molar-refractivity contribution >= 4 is 16.9 Å². The van der Waals surface area contributed by atoms with Crippen LogP contribution in [0.5, 0.6) is 0 Å². The fraction of sp³-hybridized carbons (Fsp3) is 0.556. The van der Waals surface area contributed by atoms with Crippen molar-refractivity contribution in [2.24, 2.45) is 0 Å². The van der Waals surface area contributed by atoms with E-state index < -0.39 is 0 Å². The fourth-order valence-corrected chi connectivity index (χ4v) is 3.06. The van der Waals surface area contributed by atoms with E-state index in [2.05, 4.69) is 10.5 Å². The molecule has 23 heavy (non-hydrogen) atoms. The number of nitrogens with one attached hydrogen (secondary N) is 1. The summed E-state index contributed by atoms with van der Waals surface area (Å²) in [7, 11) is 0. The second kappa shape index (κ2) is 8.11. The Labute approximate surface area is 136 Å². The van der Waals surface area contributed by atoms with E-state index in [1.165, 1.54) is 32.1 Å². The van der Waals surface area contributed by atoms with Gasteiger partial charge in [0.05, 0.1) is 12.5 Å². The third kappa shape index (κ3) is 4.55. The van der Waals surface area contributed by atoms with Gasteiger partial charge in [-0.1, -0.05) is 36.6 Å². The Morgan fingerprint density at radius 3 is 2.96 bits per heavy atom. The van der Waals surface area contributed by atoms with Crippen molar-refractivity contribution in [1.29, 1.82) is 0 Å². The molecule has 1 aromatic heterocycles. The van der Waals surface area contributed by atoms with E-state index in [9.17, 15) is 4.79 Å². The lowest BCUT2D eigenvalue weighted by molar-refractivity contribution is -0.120. The maximum atomic E-state index is 12.0. The third-order valence-electron chi connectivity index (χ3n) is 4.33. The second-order valence-corrected chi connectivity index (χ2v) is 6.14. The zero-order valence-electron chi connectivity index (χ0n) is 13.4. The van der Waals surface area contributed by atoms with Crippen LogP contribution < -0.4 is 5.32 Å². The summed E-state index contributed by atoms with van der Waals surface area (Å²) in [6.45, 7) is 1.36. The average molecular weight is 316 g/mol. The highest BCUT2D eigenvalue weighted by Gasteiger charge is 2.14. The highest BCUT2D eigenvalue weighted by Crippen LogP contribution is 2.20. The zero-order chi connectivity index (χ0) is 15.9. The maximum absolute atomic E-state index is 12.0. The summed E-state index contributed by atoms with van der Waals surface area (Å²) >= 11 is 0. The number of amides is 1. The molecule has 1 aromatic carbocycles. The summed E-state index contributed by atoms with van der Waals surface area (Å²) in [5, 5.41) is 7.81. The van der Waals surface area contributed by atoms with Crippen LogP contribution in [0.2, 0.25) is 0 Å². The molecule has 1 amide bonds. The van der Waals surface area contributed by atoms with Gasteiger partial charge in [0.1, 0.15) is 5.69 Å². The number of hydrogen-bond donors (Lipinski definition) is 1. The lowest BCUT2D eigenvalue weighted by Crippen LogP contribution is -2.27. The summed E-state index contributed by atoms with van der Waals surface area (Å²) < 4.78 is 11.1. The largest absolute Gasteiger partial charge is 0.378 e. The molecule has 2 aromatic rings. The molecule has 1 aliphatic carbocycles. The Bertz CT molecular complexity index is 632. The molecule has 0 unspecified atom stereocenters. The second-order valence-electron chi connectivity index (χ2n) is 6.14. The molecule has 0 radical (unpaired) electrons. The summed E-state index contributed by atoms with van der Waals surface area (Å²) in [6.07, 6.45) is 7.81. The standard InChI is InChI=1S/C18H24N2O3/c21-18(13-16-15-9-4-5-10-17(15)23-20-16)19-11-6-12-22-14-7-2-1-3-8-14/h4-5,9-10,14H,1-3,6-8,11-13H2,(H,19,21). The molecule has 1 aliphatic rings. The Morgan fingerprint density at radius 2 is 2.09 bits per heavy atom. The number of nitrogens with zero attached hydrogens (tertiary/aromatic N) is 1. The molecule has 1 fully saturated rings. The van der Waals surface area contributed by atoms with E-state index in [0.717, 1.165) is 24.0 Å². The van der Waals surface area contributed by atoms with Crippen LogP contribution in [0.1, 0.15) is 44.2 Å². The molecule has 5 nitrogen and oxygen atoms in total. The molecule has 124 valence electrons. The van der Waals surface area contributed by atoms with Crippen LogP contribution in [0.25, 0.3) is 11.0 Å². The van der Waals surface area contributed by atoms with Crippen molar-refractivity contribution < 1.29 is 14.1 Å². The SMILES string of the molecule is O=C(Cc1noc2ccccc12)NCCCOC1CCCCC1. The Balaban J connectivity index is 1.35. The molecule has 0 bridgehead atoms. The Morgan fingerprint density at radius 1 is 1.26 bits per heavy atom. The first-order valence-corrected chi connectivity index (χ1v) is 8.54. The van der Waals surface area contributed by atoms with Crippen LogP contribution in [0.4, 0.5) is 0 Å². The summed E-state index contributed by atoms with van der Waals surface area (Å²) in [5.74, 6) is -0.0262. The lowest BCUT2D eigenvalue weighted by atomic mass is 9.98. The van der Waals surface area contributed by atoms with Gasteiger partial charge in [-0.2, -0.15) is 0 Å². The normalized spacial score (nSPS) is 15.8. The molecule has 1 saturated carbocycles. The number of carbonyl (C=O) groups is 1. The van der Waals surface area contributed by atoms with Gasteiger partial charge in [0.25, 0.3) is 0 Å². The minimum Gasteiger partial charge on any atom is -0.378 e. The van der Waals surface area contributed by atoms with Crippen LogP contribution in [0, 0.1) is 0 Å². The van der Waals surface area contributed by atoms with Gasteiger partial charge in [-0.25, -0.2) is 0 Å². The van der Waals surface area contributed by atoms with E-state index in [1.54, 1.807) is 0 Å². The summed E-state index contributed by atoms with van der Waals surface area (Å²) in [5.41, 5.74) is 1.41. The number of fused-ring (bicyclic) bond motifs is 1.